The second-order valence-corrected chi connectivity index (χ2v) is 25.5. The molecule has 0 spiro atoms. The van der Waals surface area contributed by atoms with Gasteiger partial charge in [-0.3, -0.25) is 49.4 Å². The molecule has 3 aliphatic rings. The maximum atomic E-state index is 13.3. The van der Waals surface area contributed by atoms with Gasteiger partial charge in [0.25, 0.3) is 34.4 Å². The number of aromatic carboxylic acids is 1. The number of aromatic nitrogens is 14. The summed E-state index contributed by atoms with van der Waals surface area (Å²) in [5, 5.41) is 46.9. The van der Waals surface area contributed by atoms with E-state index in [-0.39, 0.29) is 71.9 Å². The summed E-state index contributed by atoms with van der Waals surface area (Å²) in [5.74, 6) is 0.238. The van der Waals surface area contributed by atoms with E-state index in [1.54, 1.807) is 122 Å². The third-order valence-corrected chi connectivity index (χ3v) is 18.5. The van der Waals surface area contributed by atoms with Crippen molar-refractivity contribution < 1.29 is 38.9 Å². The molecule has 3 aliphatic heterocycles. The first kappa shape index (κ1) is 66.8. The summed E-state index contributed by atoms with van der Waals surface area (Å²) in [6.45, 7) is 2.26. The van der Waals surface area contributed by atoms with Crippen molar-refractivity contribution in [2.45, 2.75) is 45.8 Å². The molecule has 28 nitrogen and oxygen atoms in total. The van der Waals surface area contributed by atoms with Crippen LogP contribution in [0.25, 0.3) is 66.9 Å². The summed E-state index contributed by atoms with van der Waals surface area (Å²) in [6.07, 6.45) is 3.60. The van der Waals surface area contributed by atoms with Crippen molar-refractivity contribution in [1.29, 1.82) is 0 Å². The average molecular weight is 1420 g/mol. The highest BCUT2D eigenvalue weighted by Crippen LogP contribution is 2.35. The smallest absolute Gasteiger partial charge is 0.335 e. The lowest BCUT2D eigenvalue weighted by Crippen LogP contribution is -2.23. The van der Waals surface area contributed by atoms with E-state index in [0.717, 1.165) is 55.5 Å². The van der Waals surface area contributed by atoms with Crippen LogP contribution in [0, 0.1) is 0 Å². The van der Waals surface area contributed by atoms with Crippen LogP contribution in [0.5, 0.6) is 17.2 Å². The molecule has 107 heavy (non-hydrogen) atoms. The fourth-order valence-corrected chi connectivity index (χ4v) is 13.1. The molecule has 28 heteroatoms. The Morgan fingerprint density at radius 3 is 1.44 bits per heavy atom. The Hall–Kier alpha value is -14.7. The SMILES string of the molecule is COc1cc2nc3n(c2cc1OC)CCn1cc(cn1)-c1ccc(=O)n(n1)Cc1cccc(c1)C(=O)N3.O=C(O)c1ccc2c(c1)nc1n2Cc2cccc(c2)-c2ccc(=O)n(n2)Cc2cccc(c2)C(=O)N1.O=C1Nc2nc3ccccc3n2Cc2cc(ccc2O)-c2ccc(=O)n(n2)Cc2cccc1c2. The van der Waals surface area contributed by atoms with Crippen molar-refractivity contribution in [3.05, 3.63) is 300 Å². The average Bonchev–Trinajstić information content (AvgIpc) is 1.64. The molecule has 0 unspecified atom stereocenters. The van der Waals surface area contributed by atoms with Gasteiger partial charge in [-0.25, -0.2) is 33.8 Å². The van der Waals surface area contributed by atoms with Crippen LogP contribution in [-0.2, 0) is 45.8 Å². The summed E-state index contributed by atoms with van der Waals surface area (Å²) in [6, 6.07) is 59.6. The monoisotopic (exact) mass is 1420 g/mol. The molecule has 8 aromatic carbocycles. The standard InChI is InChI=1S/C27H19N5O4.C26H23N7O4.C26H19N5O3/c33-24-10-8-21-18-5-1-3-16(11-18)14-31-23-9-7-20(26(35)36)13-22(23)28-27(31)29-25(34)19-6-2-4-17(12-19)15-32(24)30-21;1-36-22-11-20-21(12-23(22)37-2)32-9-8-31-15-18(13-27-31)19-6-7-24(34)33(30-19)14-16-4-3-5-17(10-16)25(35)29-26(32)28-20;32-23-10-8-17-13-19(23)15-30-22-7-2-1-6-21(22)27-26(30)28-25(34)18-5-3-4-16(12-18)14-31-24(33)11-9-20(17)29-31/h1-13H,14-15H2,(H,35,36)(H,28,29,34);3-7,10-13,15H,8-9,14H2,1-2H3,(H,28,29,35);1-13,32H,14-15H2,(H,27,28,34). The second-order valence-electron chi connectivity index (χ2n) is 25.5. The third-order valence-electron chi connectivity index (χ3n) is 18.5. The molecule has 0 fully saturated rings. The van der Waals surface area contributed by atoms with E-state index in [1.165, 1.54) is 44.4 Å². The number of amides is 3. The number of anilines is 3. The minimum atomic E-state index is -1.05. The summed E-state index contributed by atoms with van der Waals surface area (Å²) in [7, 11) is 3.14. The Morgan fingerprint density at radius 2 is 0.879 bits per heavy atom. The predicted octanol–water partition coefficient (Wildman–Crippen LogP) is 10.0. The van der Waals surface area contributed by atoms with Crippen molar-refractivity contribution in [2.24, 2.45) is 0 Å². The minimum absolute atomic E-state index is 0.114. The Labute approximate surface area is 605 Å². The number of hydrogen-bond donors (Lipinski definition) is 5. The van der Waals surface area contributed by atoms with Crippen LogP contribution in [0.1, 0.15) is 69.2 Å². The molecular weight excluding hydrogens is 1360 g/mol. The van der Waals surface area contributed by atoms with E-state index in [4.69, 9.17) is 14.5 Å². The van der Waals surface area contributed by atoms with Crippen LogP contribution in [0.2, 0.25) is 0 Å². The number of methoxy groups -OCH3 is 2. The number of nitrogens with zero attached hydrogens (tertiary/aromatic N) is 14. The topological polar surface area (TPSA) is 339 Å². The molecule has 0 radical (unpaired) electrons. The number of carboxylic acids is 1. The molecule has 528 valence electrons. The third kappa shape index (κ3) is 13.6. The molecule has 3 amide bonds. The van der Waals surface area contributed by atoms with Gasteiger partial charge >= 0.3 is 5.97 Å². The number of phenols is 1. The highest BCUT2D eigenvalue weighted by Gasteiger charge is 2.24. The molecule has 18 rings (SSSR count). The second kappa shape index (κ2) is 27.9. The zero-order valence-corrected chi connectivity index (χ0v) is 57.1. The first-order chi connectivity index (χ1) is 52.0. The van der Waals surface area contributed by atoms with Gasteiger partial charge in [-0.15, -0.1) is 0 Å². The van der Waals surface area contributed by atoms with Crippen LogP contribution >= 0.6 is 0 Å². The largest absolute Gasteiger partial charge is 0.508 e. The summed E-state index contributed by atoms with van der Waals surface area (Å²) < 4.78 is 22.5. The number of carbonyl (C=O) groups excluding carboxylic acids is 3. The number of para-hydroxylation sites is 2. The number of aromatic hydroxyl groups is 1. The number of rotatable bonds is 3. The van der Waals surface area contributed by atoms with Crippen molar-refractivity contribution in [2.75, 3.05) is 30.2 Å². The van der Waals surface area contributed by atoms with E-state index < -0.39 is 5.97 Å². The van der Waals surface area contributed by atoms with Crippen molar-refractivity contribution in [1.82, 2.24) is 67.8 Å². The zero-order chi connectivity index (χ0) is 73.6. The van der Waals surface area contributed by atoms with Gasteiger partial charge in [0.2, 0.25) is 17.8 Å². The van der Waals surface area contributed by atoms with Gasteiger partial charge in [-0.1, -0.05) is 66.7 Å². The lowest BCUT2D eigenvalue weighted by molar-refractivity contribution is 0.0696. The lowest BCUT2D eigenvalue weighted by Gasteiger charge is -2.13. The van der Waals surface area contributed by atoms with Crippen molar-refractivity contribution in [3.63, 3.8) is 0 Å². The zero-order valence-electron chi connectivity index (χ0n) is 57.1. The lowest BCUT2D eigenvalue weighted by atomic mass is 10.1. The first-order valence-corrected chi connectivity index (χ1v) is 33.7. The molecule has 0 atom stereocenters. The maximum absolute atomic E-state index is 13.3. The van der Waals surface area contributed by atoms with E-state index in [1.807, 2.05) is 98.8 Å². The van der Waals surface area contributed by atoms with E-state index in [2.05, 4.69) is 46.3 Å². The number of carboxylic acid groups (broad SMARTS) is 1. The van der Waals surface area contributed by atoms with E-state index in [9.17, 15) is 43.8 Å². The summed E-state index contributed by atoms with van der Waals surface area (Å²) in [5.41, 5.74) is 13.0. The fourth-order valence-electron chi connectivity index (χ4n) is 13.1. The van der Waals surface area contributed by atoms with E-state index >= 15 is 0 Å². The van der Waals surface area contributed by atoms with Gasteiger partial charge in [0.05, 0.1) is 115 Å². The number of carbonyl (C=O) groups is 4. The molecule has 0 aliphatic carbocycles. The van der Waals surface area contributed by atoms with Gasteiger partial charge in [0, 0.05) is 82.0 Å². The Balaban J connectivity index is 0.000000123. The molecule has 0 saturated heterocycles. The number of phenolic OH excluding ortho intramolecular Hbond substituents is 1. The van der Waals surface area contributed by atoms with Gasteiger partial charge in [0.1, 0.15) is 5.75 Å². The number of aryl methyl sites for hydroxylation is 2. The van der Waals surface area contributed by atoms with Crippen LogP contribution in [0.15, 0.2) is 233 Å². The van der Waals surface area contributed by atoms with Crippen LogP contribution < -0.4 is 42.1 Å². The van der Waals surface area contributed by atoms with Crippen LogP contribution in [0.3, 0.4) is 0 Å². The van der Waals surface area contributed by atoms with Crippen LogP contribution in [0.4, 0.5) is 17.8 Å². The van der Waals surface area contributed by atoms with Crippen molar-refractivity contribution in [3.8, 4) is 51.0 Å². The van der Waals surface area contributed by atoms with Gasteiger partial charge in [-0.05, 0) is 131 Å². The number of ether oxygens (including phenoxy) is 2. The number of imidazole rings is 3. The van der Waals surface area contributed by atoms with Crippen LogP contribution in [-0.4, -0.2) is 116 Å². The molecule has 7 aromatic heterocycles. The Kier molecular flexibility index (Phi) is 17.4. The predicted molar refractivity (Wildman–Crippen MR) is 397 cm³/mol. The molecule has 0 saturated carbocycles. The minimum Gasteiger partial charge on any atom is -0.508 e. The van der Waals surface area contributed by atoms with E-state index in [0.29, 0.717) is 105 Å². The summed E-state index contributed by atoms with van der Waals surface area (Å²) in [4.78, 5) is 102. The van der Waals surface area contributed by atoms with Gasteiger partial charge < -0.3 is 33.4 Å². The molecular formula is C79H61N17O11. The first-order valence-electron chi connectivity index (χ1n) is 33.7. The highest BCUT2D eigenvalue weighted by atomic mass is 16.5. The number of fused-ring (bicyclic) bond motifs is 30. The fraction of sp³-hybridized carbons (Fsp3) is 0.114. The Bertz CT molecular complexity index is 6320. The number of benzene rings is 8. The van der Waals surface area contributed by atoms with Gasteiger partial charge in [-0.2, -0.15) is 20.4 Å². The normalized spacial score (nSPS) is 13.0. The Morgan fingerprint density at radius 1 is 0.411 bits per heavy atom. The molecule has 5 N–H and O–H groups in total. The molecule has 15 aromatic rings. The maximum Gasteiger partial charge on any atom is 0.335 e. The highest BCUT2D eigenvalue weighted by molar-refractivity contribution is 6.06. The molecule has 18 bridgehead atoms. The number of nitrogens with one attached hydrogen (secondary N) is 3. The van der Waals surface area contributed by atoms with Gasteiger partial charge in [0.15, 0.2) is 11.5 Å². The number of hydrogen-bond acceptors (Lipinski definition) is 17. The summed E-state index contributed by atoms with van der Waals surface area (Å²) >= 11 is 0. The van der Waals surface area contributed by atoms with Crippen molar-refractivity contribution >= 4 is 74.6 Å². The molecule has 10 heterocycles. The quantitative estimate of drug-likeness (QED) is 0.110.